The summed E-state index contributed by atoms with van der Waals surface area (Å²) in [5.74, 6) is -1.13. The van der Waals surface area contributed by atoms with E-state index in [4.69, 9.17) is 19.3 Å². The van der Waals surface area contributed by atoms with E-state index in [2.05, 4.69) is 18.4 Å². The minimum Gasteiger partial charge on any atom is -0.458 e. The number of allylic oxidation sites excluding steroid dienone is 3. The van der Waals surface area contributed by atoms with Crippen molar-refractivity contribution < 1.29 is 37.9 Å². The molecule has 264 valence electrons. The Morgan fingerprint density at radius 2 is 1.07 bits per heavy atom. The molecular formula is C36H67O8P. The van der Waals surface area contributed by atoms with E-state index in [1.54, 1.807) is 12.2 Å². The van der Waals surface area contributed by atoms with Crippen molar-refractivity contribution in [3.05, 3.63) is 24.3 Å². The van der Waals surface area contributed by atoms with Crippen molar-refractivity contribution in [3.63, 3.8) is 0 Å². The smallest absolute Gasteiger partial charge is 0.458 e. The van der Waals surface area contributed by atoms with E-state index in [-0.39, 0.29) is 13.0 Å². The van der Waals surface area contributed by atoms with E-state index in [9.17, 15) is 14.2 Å². The lowest BCUT2D eigenvalue weighted by Crippen LogP contribution is -2.29. The molecule has 2 N–H and O–H groups in total. The first-order valence-electron chi connectivity index (χ1n) is 18.2. The summed E-state index contributed by atoms with van der Waals surface area (Å²) in [6, 6.07) is 0. The summed E-state index contributed by atoms with van der Waals surface area (Å²) in [6.45, 7) is 3.56. The molecule has 0 rings (SSSR count). The van der Waals surface area contributed by atoms with Crippen molar-refractivity contribution in [2.75, 3.05) is 13.2 Å². The van der Waals surface area contributed by atoms with Crippen LogP contribution in [0.4, 0.5) is 0 Å². The van der Waals surface area contributed by atoms with Crippen molar-refractivity contribution in [3.8, 4) is 0 Å². The summed E-state index contributed by atoms with van der Waals surface area (Å²) in [5.41, 5.74) is 0. The SMILES string of the molecule is CCCCCCCCCCCCC/C=C/C=C/C(=O)OC[C@H](COP(=O)(O)O)OC(=O)CCCCCCCCCCCCCC. The molecule has 0 bridgehead atoms. The second kappa shape index (κ2) is 32.5. The Morgan fingerprint density at radius 1 is 0.622 bits per heavy atom. The molecule has 45 heavy (non-hydrogen) atoms. The third-order valence-electron chi connectivity index (χ3n) is 7.83. The quantitative estimate of drug-likeness (QED) is 0.0235. The average molecular weight is 659 g/mol. The molecule has 0 saturated carbocycles. The van der Waals surface area contributed by atoms with Gasteiger partial charge in [-0.05, 0) is 19.3 Å². The van der Waals surface area contributed by atoms with Gasteiger partial charge in [0.15, 0.2) is 6.10 Å². The number of ether oxygens (including phenoxy) is 2. The van der Waals surface area contributed by atoms with E-state index in [1.807, 2.05) is 6.08 Å². The molecule has 0 saturated heterocycles. The molecule has 0 aliphatic rings. The molecule has 0 amide bonds. The van der Waals surface area contributed by atoms with Gasteiger partial charge in [0.2, 0.25) is 0 Å². The van der Waals surface area contributed by atoms with Gasteiger partial charge in [0.05, 0.1) is 6.61 Å². The maximum absolute atomic E-state index is 12.3. The van der Waals surface area contributed by atoms with Crippen molar-refractivity contribution in [1.29, 1.82) is 0 Å². The van der Waals surface area contributed by atoms with Crippen LogP contribution >= 0.6 is 7.82 Å². The van der Waals surface area contributed by atoms with Gasteiger partial charge in [0.25, 0.3) is 0 Å². The topological polar surface area (TPSA) is 119 Å². The first-order valence-corrected chi connectivity index (χ1v) is 19.7. The number of carbonyl (C=O) groups is 2. The first-order chi connectivity index (χ1) is 21.8. The number of hydrogen-bond acceptors (Lipinski definition) is 6. The highest BCUT2D eigenvalue weighted by atomic mass is 31.2. The molecule has 0 aromatic carbocycles. The zero-order valence-electron chi connectivity index (χ0n) is 28.8. The third-order valence-corrected chi connectivity index (χ3v) is 8.31. The predicted molar refractivity (Wildman–Crippen MR) is 184 cm³/mol. The monoisotopic (exact) mass is 658 g/mol. The molecule has 8 nitrogen and oxygen atoms in total. The number of esters is 2. The van der Waals surface area contributed by atoms with E-state index in [0.29, 0.717) is 6.42 Å². The number of carbonyl (C=O) groups excluding carboxylic acids is 2. The van der Waals surface area contributed by atoms with Crippen LogP contribution in [0.1, 0.15) is 174 Å². The molecule has 0 spiro atoms. The second-order valence-electron chi connectivity index (χ2n) is 12.3. The Morgan fingerprint density at radius 3 is 1.53 bits per heavy atom. The molecular weight excluding hydrogens is 591 g/mol. The van der Waals surface area contributed by atoms with Crippen molar-refractivity contribution in [2.24, 2.45) is 0 Å². The Balaban J connectivity index is 4.07. The van der Waals surface area contributed by atoms with Gasteiger partial charge in [0.1, 0.15) is 6.61 Å². The number of hydrogen-bond donors (Lipinski definition) is 2. The maximum atomic E-state index is 12.3. The molecule has 0 unspecified atom stereocenters. The van der Waals surface area contributed by atoms with Crippen LogP contribution in [0, 0.1) is 0 Å². The molecule has 0 aromatic heterocycles. The molecule has 0 fully saturated rings. The summed E-state index contributed by atoms with van der Waals surface area (Å²) in [4.78, 5) is 42.4. The third kappa shape index (κ3) is 35.2. The summed E-state index contributed by atoms with van der Waals surface area (Å²) in [5, 5.41) is 0. The molecule has 0 heterocycles. The highest BCUT2D eigenvalue weighted by molar-refractivity contribution is 7.46. The number of phosphoric acid groups is 1. The summed E-state index contributed by atoms with van der Waals surface area (Å²) in [6.07, 6.45) is 35.3. The highest BCUT2D eigenvalue weighted by Crippen LogP contribution is 2.35. The summed E-state index contributed by atoms with van der Waals surface area (Å²) in [7, 11) is -4.76. The number of unbranched alkanes of at least 4 members (excludes halogenated alkanes) is 22. The molecule has 0 aliphatic carbocycles. The standard InChI is InChI=1S/C36H67O8P/c1-3-5-7-9-11-13-15-17-18-19-21-22-24-26-28-30-35(37)42-32-34(33-43-45(39,40)41)44-36(38)31-29-27-25-23-20-16-14-12-10-8-6-4-2/h24,26,28,30,34H,3-23,25,27,29,31-33H2,1-2H3,(H2,39,40,41)/b26-24+,30-28+/t34-/m1/s1. The molecule has 0 radical (unpaired) electrons. The molecule has 9 heteroatoms. The number of rotatable bonds is 33. The first kappa shape index (κ1) is 43.5. The predicted octanol–water partition coefficient (Wildman–Crippen LogP) is 10.5. The minimum atomic E-state index is -4.76. The van der Waals surface area contributed by atoms with Crippen LogP contribution in [0.5, 0.6) is 0 Å². The van der Waals surface area contributed by atoms with Gasteiger partial charge in [-0.25, -0.2) is 9.36 Å². The average Bonchev–Trinajstić information content (AvgIpc) is 3.00. The van der Waals surface area contributed by atoms with Crippen LogP contribution in [0.15, 0.2) is 24.3 Å². The molecule has 0 aromatic rings. The zero-order valence-corrected chi connectivity index (χ0v) is 29.7. The fourth-order valence-corrected chi connectivity index (χ4v) is 5.47. The van der Waals surface area contributed by atoms with Crippen molar-refractivity contribution in [2.45, 2.75) is 180 Å². The highest BCUT2D eigenvalue weighted by Gasteiger charge is 2.22. The van der Waals surface area contributed by atoms with E-state index in [1.165, 1.54) is 122 Å². The second-order valence-corrected chi connectivity index (χ2v) is 13.5. The van der Waals surface area contributed by atoms with Crippen molar-refractivity contribution in [1.82, 2.24) is 0 Å². The maximum Gasteiger partial charge on any atom is 0.469 e. The van der Waals surface area contributed by atoms with Crippen LogP contribution in [0.3, 0.4) is 0 Å². The minimum absolute atomic E-state index is 0.196. The normalized spacial score (nSPS) is 12.7. The van der Waals surface area contributed by atoms with E-state index < -0.39 is 32.5 Å². The fourth-order valence-electron chi connectivity index (χ4n) is 5.11. The van der Waals surface area contributed by atoms with Crippen LogP contribution < -0.4 is 0 Å². The fraction of sp³-hybridized carbons (Fsp3) is 0.833. The largest absolute Gasteiger partial charge is 0.469 e. The van der Waals surface area contributed by atoms with Gasteiger partial charge < -0.3 is 19.3 Å². The van der Waals surface area contributed by atoms with Crippen LogP contribution in [0.25, 0.3) is 0 Å². The van der Waals surface area contributed by atoms with E-state index >= 15 is 0 Å². The lowest BCUT2D eigenvalue weighted by Gasteiger charge is -2.18. The Bertz CT molecular complexity index is 792. The van der Waals surface area contributed by atoms with Crippen LogP contribution in [-0.4, -0.2) is 41.0 Å². The molecule has 1 atom stereocenters. The van der Waals surface area contributed by atoms with Gasteiger partial charge in [-0.2, -0.15) is 0 Å². The number of phosphoric ester groups is 1. The Hall–Kier alpha value is -1.47. The van der Waals surface area contributed by atoms with Gasteiger partial charge in [-0.3, -0.25) is 9.32 Å². The lowest BCUT2D eigenvalue weighted by molar-refractivity contribution is -0.159. The van der Waals surface area contributed by atoms with Gasteiger partial charge >= 0.3 is 19.8 Å². The van der Waals surface area contributed by atoms with Crippen LogP contribution in [0.2, 0.25) is 0 Å². The summed E-state index contributed by atoms with van der Waals surface area (Å²) >= 11 is 0. The van der Waals surface area contributed by atoms with Crippen molar-refractivity contribution >= 4 is 19.8 Å². The van der Waals surface area contributed by atoms with Gasteiger partial charge in [-0.15, -0.1) is 0 Å². The van der Waals surface area contributed by atoms with E-state index in [0.717, 1.165) is 32.1 Å². The zero-order chi connectivity index (χ0) is 33.3. The van der Waals surface area contributed by atoms with Crippen LogP contribution in [-0.2, 0) is 28.2 Å². The Kier molecular flexibility index (Phi) is 31.4. The molecule has 0 aliphatic heterocycles. The van der Waals surface area contributed by atoms with Gasteiger partial charge in [0, 0.05) is 12.5 Å². The summed E-state index contributed by atoms with van der Waals surface area (Å²) < 4.78 is 26.1. The lowest BCUT2D eigenvalue weighted by atomic mass is 10.0. The Labute approximate surface area is 275 Å². The van der Waals surface area contributed by atoms with Gasteiger partial charge in [-0.1, -0.05) is 167 Å².